The number of benzene rings is 3. The average molecular weight is 361 g/mol. The van der Waals surface area contributed by atoms with Crippen molar-refractivity contribution in [3.05, 3.63) is 72.3 Å². The van der Waals surface area contributed by atoms with Crippen molar-refractivity contribution in [3.63, 3.8) is 0 Å². The molecule has 138 valence electrons. The van der Waals surface area contributed by atoms with E-state index in [1.807, 2.05) is 66.7 Å². The molecule has 3 rings (SSSR count). The van der Waals surface area contributed by atoms with Gasteiger partial charge < -0.3 is 14.8 Å². The first-order valence-corrected chi connectivity index (χ1v) is 9.06. The molecular formula is C23H23NO3. The van der Waals surface area contributed by atoms with Gasteiger partial charge in [-0.1, -0.05) is 42.5 Å². The minimum Gasteiger partial charge on any atom is -0.481 e. The average Bonchev–Trinajstić information content (AvgIpc) is 2.67. The maximum absolute atomic E-state index is 12.4. The van der Waals surface area contributed by atoms with E-state index in [9.17, 15) is 9.59 Å². The van der Waals surface area contributed by atoms with Crippen molar-refractivity contribution >= 4 is 28.2 Å². The Balaban J connectivity index is 1.58. The summed E-state index contributed by atoms with van der Waals surface area (Å²) >= 11 is 0. The standard InChI is InChI=1S/C23H23NO3/c1-16(25)7-8-18-9-13-22(14-10-18)27-17(2)23(26)24-21-12-11-19-5-3-4-6-20(19)15-21/h3-6,9-15,17H,7-8H2,1-2H3,(H,24,26). The van der Waals surface area contributed by atoms with Gasteiger partial charge in [0.05, 0.1) is 0 Å². The summed E-state index contributed by atoms with van der Waals surface area (Å²) in [5.41, 5.74) is 1.82. The summed E-state index contributed by atoms with van der Waals surface area (Å²) < 4.78 is 5.74. The van der Waals surface area contributed by atoms with Crippen LogP contribution in [0.15, 0.2) is 66.7 Å². The van der Waals surface area contributed by atoms with Gasteiger partial charge in [0.25, 0.3) is 5.91 Å². The third kappa shape index (κ3) is 5.17. The van der Waals surface area contributed by atoms with Gasteiger partial charge in [-0.25, -0.2) is 0 Å². The van der Waals surface area contributed by atoms with Crippen molar-refractivity contribution in [3.8, 4) is 5.75 Å². The lowest BCUT2D eigenvalue weighted by Crippen LogP contribution is -2.30. The normalized spacial score (nSPS) is 11.8. The molecule has 0 spiro atoms. The fourth-order valence-corrected chi connectivity index (χ4v) is 2.82. The van der Waals surface area contributed by atoms with Crippen molar-refractivity contribution in [2.45, 2.75) is 32.8 Å². The van der Waals surface area contributed by atoms with Crippen LogP contribution in [0, 0.1) is 0 Å². The van der Waals surface area contributed by atoms with E-state index in [1.165, 1.54) is 0 Å². The largest absolute Gasteiger partial charge is 0.481 e. The number of fused-ring (bicyclic) bond motifs is 1. The van der Waals surface area contributed by atoms with Gasteiger partial charge in [0, 0.05) is 12.1 Å². The van der Waals surface area contributed by atoms with E-state index < -0.39 is 6.10 Å². The number of ketones is 1. The van der Waals surface area contributed by atoms with Crippen molar-refractivity contribution in [2.24, 2.45) is 0 Å². The number of ether oxygens (including phenoxy) is 1. The van der Waals surface area contributed by atoms with Crippen LogP contribution >= 0.6 is 0 Å². The molecule has 0 saturated carbocycles. The Kier molecular flexibility index (Phi) is 5.87. The lowest BCUT2D eigenvalue weighted by molar-refractivity contribution is -0.122. The summed E-state index contributed by atoms with van der Waals surface area (Å²) in [4.78, 5) is 23.5. The van der Waals surface area contributed by atoms with Crippen LogP contribution in [0.4, 0.5) is 5.69 Å². The van der Waals surface area contributed by atoms with Gasteiger partial charge in [-0.3, -0.25) is 4.79 Å². The van der Waals surface area contributed by atoms with Gasteiger partial charge in [-0.05, 0) is 60.9 Å². The molecule has 27 heavy (non-hydrogen) atoms. The molecule has 0 fully saturated rings. The number of carbonyl (C=O) groups excluding carboxylic acids is 2. The number of Topliss-reactive ketones (excluding diaryl/α,β-unsaturated/α-hetero) is 1. The number of aryl methyl sites for hydroxylation is 1. The lowest BCUT2D eigenvalue weighted by atomic mass is 10.1. The summed E-state index contributed by atoms with van der Waals surface area (Å²) in [5.74, 6) is 0.600. The number of hydrogen-bond donors (Lipinski definition) is 1. The van der Waals surface area contributed by atoms with Crippen LogP contribution in [0.1, 0.15) is 25.8 Å². The molecule has 3 aromatic rings. The highest BCUT2D eigenvalue weighted by atomic mass is 16.5. The van der Waals surface area contributed by atoms with E-state index >= 15 is 0 Å². The molecule has 0 aromatic heterocycles. The van der Waals surface area contributed by atoms with Gasteiger partial charge >= 0.3 is 0 Å². The zero-order chi connectivity index (χ0) is 19.2. The topological polar surface area (TPSA) is 55.4 Å². The molecule has 0 heterocycles. The van der Waals surface area contributed by atoms with Crippen molar-refractivity contribution < 1.29 is 14.3 Å². The van der Waals surface area contributed by atoms with Gasteiger partial charge in [-0.15, -0.1) is 0 Å². The van der Waals surface area contributed by atoms with Crippen LogP contribution in [0.2, 0.25) is 0 Å². The van der Waals surface area contributed by atoms with Crippen LogP contribution in [0.25, 0.3) is 10.8 Å². The minimum absolute atomic E-state index is 0.175. The predicted octanol–water partition coefficient (Wildman–Crippen LogP) is 4.77. The van der Waals surface area contributed by atoms with Crippen LogP contribution in [0.5, 0.6) is 5.75 Å². The third-order valence-corrected chi connectivity index (χ3v) is 4.39. The van der Waals surface area contributed by atoms with E-state index in [1.54, 1.807) is 13.8 Å². The van der Waals surface area contributed by atoms with Crippen LogP contribution in [-0.2, 0) is 16.0 Å². The molecule has 0 saturated heterocycles. The van der Waals surface area contributed by atoms with E-state index in [2.05, 4.69) is 5.32 Å². The second-order valence-corrected chi connectivity index (χ2v) is 6.66. The van der Waals surface area contributed by atoms with Crippen molar-refractivity contribution in [1.82, 2.24) is 0 Å². The molecule has 0 aliphatic heterocycles. The van der Waals surface area contributed by atoms with Crippen LogP contribution in [0.3, 0.4) is 0 Å². The van der Waals surface area contributed by atoms with Gasteiger partial charge in [-0.2, -0.15) is 0 Å². The summed E-state index contributed by atoms with van der Waals surface area (Å²) in [6.45, 7) is 3.31. The zero-order valence-corrected chi connectivity index (χ0v) is 15.6. The van der Waals surface area contributed by atoms with E-state index in [4.69, 9.17) is 4.74 Å². The molecule has 0 aliphatic rings. The number of hydrogen-bond acceptors (Lipinski definition) is 3. The summed E-state index contributed by atoms with van der Waals surface area (Å²) in [6.07, 6.45) is 0.623. The second kappa shape index (κ2) is 8.49. The highest BCUT2D eigenvalue weighted by molar-refractivity contribution is 5.96. The molecule has 1 unspecified atom stereocenters. The Hall–Kier alpha value is -3.14. The minimum atomic E-state index is -0.625. The molecule has 0 bridgehead atoms. The SMILES string of the molecule is CC(=O)CCc1ccc(OC(C)C(=O)Nc2ccc3ccccc3c2)cc1. The number of anilines is 1. The number of carbonyl (C=O) groups is 2. The molecule has 4 nitrogen and oxygen atoms in total. The number of nitrogens with one attached hydrogen (secondary N) is 1. The Bertz CT molecular complexity index is 947. The Labute approximate surface area is 159 Å². The van der Waals surface area contributed by atoms with Crippen LogP contribution < -0.4 is 10.1 Å². The molecule has 0 aliphatic carbocycles. The highest BCUT2D eigenvalue weighted by Gasteiger charge is 2.15. The Morgan fingerprint density at radius 2 is 1.67 bits per heavy atom. The Morgan fingerprint density at radius 1 is 0.963 bits per heavy atom. The predicted molar refractivity (Wildman–Crippen MR) is 108 cm³/mol. The summed E-state index contributed by atoms with van der Waals surface area (Å²) in [5, 5.41) is 5.10. The maximum Gasteiger partial charge on any atom is 0.265 e. The number of amides is 1. The second-order valence-electron chi connectivity index (χ2n) is 6.66. The fourth-order valence-electron chi connectivity index (χ4n) is 2.82. The van der Waals surface area contributed by atoms with Crippen LogP contribution in [-0.4, -0.2) is 17.8 Å². The lowest BCUT2D eigenvalue weighted by Gasteiger charge is -2.15. The highest BCUT2D eigenvalue weighted by Crippen LogP contribution is 2.20. The van der Waals surface area contributed by atoms with E-state index in [-0.39, 0.29) is 11.7 Å². The fraction of sp³-hybridized carbons (Fsp3) is 0.217. The maximum atomic E-state index is 12.4. The first kappa shape index (κ1) is 18.6. The van der Waals surface area contributed by atoms with Gasteiger partial charge in [0.2, 0.25) is 0 Å². The van der Waals surface area contributed by atoms with Gasteiger partial charge in [0.15, 0.2) is 6.10 Å². The quantitative estimate of drug-likeness (QED) is 0.660. The molecule has 4 heteroatoms. The molecule has 3 aromatic carbocycles. The first-order valence-electron chi connectivity index (χ1n) is 9.06. The number of rotatable bonds is 7. The summed E-state index contributed by atoms with van der Waals surface area (Å²) in [7, 11) is 0. The van der Waals surface area contributed by atoms with Crippen molar-refractivity contribution in [2.75, 3.05) is 5.32 Å². The summed E-state index contributed by atoms with van der Waals surface area (Å²) in [6, 6.07) is 21.3. The third-order valence-electron chi connectivity index (χ3n) is 4.39. The molecule has 1 atom stereocenters. The van der Waals surface area contributed by atoms with E-state index in [0.717, 1.165) is 22.0 Å². The molecule has 1 amide bonds. The smallest absolute Gasteiger partial charge is 0.265 e. The molecule has 1 N–H and O–H groups in total. The zero-order valence-electron chi connectivity index (χ0n) is 15.6. The van der Waals surface area contributed by atoms with E-state index in [0.29, 0.717) is 18.6 Å². The Morgan fingerprint density at radius 3 is 2.37 bits per heavy atom. The monoisotopic (exact) mass is 361 g/mol. The first-order chi connectivity index (χ1) is 13.0. The van der Waals surface area contributed by atoms with Crippen molar-refractivity contribution in [1.29, 1.82) is 0 Å². The molecule has 0 radical (unpaired) electrons. The molecular weight excluding hydrogens is 338 g/mol. The van der Waals surface area contributed by atoms with Gasteiger partial charge in [0.1, 0.15) is 11.5 Å².